The first-order valence-electron chi connectivity index (χ1n) is 7.41. The van der Waals surface area contributed by atoms with E-state index in [0.717, 1.165) is 22.6 Å². The molecule has 7 heteroatoms. The van der Waals surface area contributed by atoms with Crippen LogP contribution in [0.5, 0.6) is 5.75 Å². The summed E-state index contributed by atoms with van der Waals surface area (Å²) in [5, 5.41) is 15.0. The van der Waals surface area contributed by atoms with E-state index in [2.05, 4.69) is 20.8 Å². The van der Waals surface area contributed by atoms with Crippen LogP contribution in [-0.4, -0.2) is 27.3 Å². The molecular weight excluding hydrogens is 309 g/mol. The molecule has 120 valence electrons. The summed E-state index contributed by atoms with van der Waals surface area (Å²) in [6.07, 6.45) is 2.01. The maximum Gasteiger partial charge on any atom is 0.248 e. The highest BCUT2D eigenvalue weighted by Gasteiger charge is 2.24. The SMILES string of the molecule is COc1ccc([C@H]2C=C(c3ccc(F)cc3)Nc3nnnn32)cc1. The number of hydrogen-bond donors (Lipinski definition) is 1. The Kier molecular flexibility index (Phi) is 3.45. The molecule has 0 spiro atoms. The monoisotopic (exact) mass is 323 g/mol. The van der Waals surface area contributed by atoms with Gasteiger partial charge in [0.15, 0.2) is 0 Å². The molecule has 1 atom stereocenters. The molecule has 0 aliphatic carbocycles. The number of methoxy groups -OCH3 is 1. The third-order valence-corrected chi connectivity index (χ3v) is 3.94. The number of hydrogen-bond acceptors (Lipinski definition) is 5. The second kappa shape index (κ2) is 5.77. The molecule has 1 aliphatic rings. The summed E-state index contributed by atoms with van der Waals surface area (Å²) in [5.74, 6) is 1.05. The fourth-order valence-corrected chi connectivity index (χ4v) is 2.69. The van der Waals surface area contributed by atoms with Crippen LogP contribution in [0.3, 0.4) is 0 Å². The molecule has 0 bridgehead atoms. The van der Waals surface area contributed by atoms with E-state index in [9.17, 15) is 4.39 Å². The summed E-state index contributed by atoms with van der Waals surface area (Å²) in [6.45, 7) is 0. The molecule has 2 heterocycles. The third-order valence-electron chi connectivity index (χ3n) is 3.94. The van der Waals surface area contributed by atoms with E-state index in [-0.39, 0.29) is 11.9 Å². The first-order valence-corrected chi connectivity index (χ1v) is 7.41. The Hall–Kier alpha value is -3.22. The number of nitrogens with zero attached hydrogens (tertiary/aromatic N) is 4. The van der Waals surface area contributed by atoms with Gasteiger partial charge < -0.3 is 10.1 Å². The third kappa shape index (κ3) is 2.50. The minimum Gasteiger partial charge on any atom is -0.497 e. The van der Waals surface area contributed by atoms with Crippen molar-refractivity contribution in [1.82, 2.24) is 20.2 Å². The van der Waals surface area contributed by atoms with E-state index in [1.54, 1.807) is 23.9 Å². The van der Waals surface area contributed by atoms with Crippen LogP contribution in [0.1, 0.15) is 17.2 Å². The lowest BCUT2D eigenvalue weighted by Crippen LogP contribution is -2.20. The second-order valence-electron chi connectivity index (χ2n) is 5.38. The van der Waals surface area contributed by atoms with Crippen LogP contribution in [0.15, 0.2) is 54.6 Å². The summed E-state index contributed by atoms with van der Waals surface area (Å²) in [7, 11) is 1.63. The van der Waals surface area contributed by atoms with Gasteiger partial charge in [-0.3, -0.25) is 0 Å². The molecule has 1 N–H and O–H groups in total. The lowest BCUT2D eigenvalue weighted by molar-refractivity contribution is 0.414. The van der Waals surface area contributed by atoms with Crippen molar-refractivity contribution in [2.45, 2.75) is 6.04 Å². The molecule has 6 nitrogen and oxygen atoms in total. The number of nitrogens with one attached hydrogen (secondary N) is 1. The van der Waals surface area contributed by atoms with Crippen LogP contribution in [0.4, 0.5) is 10.3 Å². The average Bonchev–Trinajstić information content (AvgIpc) is 3.10. The minimum absolute atomic E-state index is 0.165. The molecule has 24 heavy (non-hydrogen) atoms. The van der Waals surface area contributed by atoms with Crippen molar-refractivity contribution >= 4 is 11.6 Å². The number of ether oxygens (including phenoxy) is 1. The highest BCUT2D eigenvalue weighted by atomic mass is 19.1. The second-order valence-corrected chi connectivity index (χ2v) is 5.38. The molecular formula is C17H14FN5O. The molecule has 0 unspecified atom stereocenters. The van der Waals surface area contributed by atoms with Crippen molar-refractivity contribution < 1.29 is 9.13 Å². The first-order chi connectivity index (χ1) is 11.7. The zero-order chi connectivity index (χ0) is 16.5. The maximum absolute atomic E-state index is 13.2. The van der Waals surface area contributed by atoms with Gasteiger partial charge in [0.25, 0.3) is 0 Å². The van der Waals surface area contributed by atoms with Crippen molar-refractivity contribution in [2.75, 3.05) is 12.4 Å². The molecule has 0 saturated carbocycles. The number of benzene rings is 2. The van der Waals surface area contributed by atoms with Gasteiger partial charge in [0.1, 0.15) is 17.6 Å². The van der Waals surface area contributed by atoms with Gasteiger partial charge in [-0.1, -0.05) is 17.2 Å². The lowest BCUT2D eigenvalue weighted by atomic mass is 10.0. The molecule has 0 saturated heterocycles. The van der Waals surface area contributed by atoms with Crippen molar-refractivity contribution in [3.63, 3.8) is 0 Å². The summed E-state index contributed by atoms with van der Waals surface area (Å²) in [6, 6.07) is 13.9. The molecule has 2 aromatic carbocycles. The Morgan fingerprint density at radius 3 is 2.54 bits per heavy atom. The van der Waals surface area contributed by atoms with Gasteiger partial charge in [-0.25, -0.2) is 4.39 Å². The average molecular weight is 323 g/mol. The fourth-order valence-electron chi connectivity index (χ4n) is 2.69. The van der Waals surface area contributed by atoms with E-state index in [0.29, 0.717) is 5.95 Å². The van der Waals surface area contributed by atoms with Crippen LogP contribution in [0.25, 0.3) is 5.70 Å². The van der Waals surface area contributed by atoms with Crippen LogP contribution >= 0.6 is 0 Å². The Labute approximate surface area is 137 Å². The first kappa shape index (κ1) is 14.4. The molecule has 0 radical (unpaired) electrons. The molecule has 1 aliphatic heterocycles. The standard InChI is InChI=1S/C17H14FN5O/c1-24-14-8-4-12(5-9-14)16-10-15(11-2-6-13(18)7-3-11)19-17-20-21-22-23(16)17/h2-10,16H,1H3,(H,19,20,22)/t16-/m1/s1. The fraction of sp³-hybridized carbons (Fsp3) is 0.118. The van der Waals surface area contributed by atoms with E-state index in [4.69, 9.17) is 4.74 Å². The normalized spacial score (nSPS) is 16.1. The van der Waals surface area contributed by atoms with E-state index in [1.807, 2.05) is 30.3 Å². The van der Waals surface area contributed by atoms with Gasteiger partial charge in [-0.15, -0.1) is 0 Å². The van der Waals surface area contributed by atoms with Crippen LogP contribution < -0.4 is 10.1 Å². The van der Waals surface area contributed by atoms with Gasteiger partial charge >= 0.3 is 0 Å². The largest absolute Gasteiger partial charge is 0.497 e. The molecule has 1 aromatic heterocycles. The van der Waals surface area contributed by atoms with Crippen LogP contribution in [-0.2, 0) is 0 Å². The lowest BCUT2D eigenvalue weighted by Gasteiger charge is -2.23. The predicted molar refractivity (Wildman–Crippen MR) is 86.9 cm³/mol. The highest BCUT2D eigenvalue weighted by molar-refractivity contribution is 5.76. The number of allylic oxidation sites excluding steroid dienone is 1. The van der Waals surface area contributed by atoms with Gasteiger partial charge in [-0.2, -0.15) is 4.68 Å². The number of fused-ring (bicyclic) bond motifs is 1. The Bertz CT molecular complexity index is 886. The molecule has 4 rings (SSSR count). The Morgan fingerprint density at radius 2 is 1.83 bits per heavy atom. The van der Waals surface area contributed by atoms with Crippen molar-refractivity contribution in [3.05, 3.63) is 71.6 Å². The van der Waals surface area contributed by atoms with Gasteiger partial charge in [0.2, 0.25) is 5.95 Å². The maximum atomic E-state index is 13.2. The molecule has 0 fully saturated rings. The van der Waals surface area contributed by atoms with Gasteiger partial charge in [-0.05, 0) is 64.0 Å². The summed E-state index contributed by atoms with van der Waals surface area (Å²) in [5.41, 5.74) is 2.72. The number of halogens is 1. The van der Waals surface area contributed by atoms with Crippen LogP contribution in [0.2, 0.25) is 0 Å². The van der Waals surface area contributed by atoms with Crippen LogP contribution in [0, 0.1) is 5.82 Å². The number of rotatable bonds is 3. The smallest absolute Gasteiger partial charge is 0.248 e. The summed E-state index contributed by atoms with van der Waals surface area (Å²) >= 11 is 0. The van der Waals surface area contributed by atoms with Crippen molar-refractivity contribution in [1.29, 1.82) is 0 Å². The molecule has 0 amide bonds. The number of anilines is 1. The predicted octanol–water partition coefficient (Wildman–Crippen LogP) is 2.88. The van der Waals surface area contributed by atoms with E-state index in [1.165, 1.54) is 12.1 Å². The zero-order valence-corrected chi connectivity index (χ0v) is 12.8. The number of tetrazole rings is 1. The van der Waals surface area contributed by atoms with E-state index < -0.39 is 0 Å². The summed E-state index contributed by atoms with van der Waals surface area (Å²) in [4.78, 5) is 0. The quantitative estimate of drug-likeness (QED) is 0.803. The van der Waals surface area contributed by atoms with Gasteiger partial charge in [0, 0.05) is 5.70 Å². The zero-order valence-electron chi connectivity index (χ0n) is 12.8. The topological polar surface area (TPSA) is 64.9 Å². The van der Waals surface area contributed by atoms with E-state index >= 15 is 0 Å². The Morgan fingerprint density at radius 1 is 1.08 bits per heavy atom. The van der Waals surface area contributed by atoms with Crippen molar-refractivity contribution in [2.24, 2.45) is 0 Å². The molecule has 3 aromatic rings. The van der Waals surface area contributed by atoms with Crippen molar-refractivity contribution in [3.8, 4) is 5.75 Å². The van der Waals surface area contributed by atoms with Gasteiger partial charge in [0.05, 0.1) is 7.11 Å². The minimum atomic E-state index is -0.272. The summed E-state index contributed by atoms with van der Waals surface area (Å²) < 4.78 is 20.1. The highest BCUT2D eigenvalue weighted by Crippen LogP contribution is 2.32. The number of aromatic nitrogens is 4. The Balaban J connectivity index is 1.77.